The number of piperidine rings is 1. The van der Waals surface area contributed by atoms with Gasteiger partial charge in [0.05, 0.1) is 5.54 Å². The summed E-state index contributed by atoms with van der Waals surface area (Å²) in [6, 6.07) is 30.4. The minimum absolute atomic E-state index is 0.189. The highest BCUT2D eigenvalue weighted by Gasteiger charge is 2.65. The molecule has 1 saturated carbocycles. The average Bonchev–Trinajstić information content (AvgIpc) is 3.48. The molecule has 0 radical (unpaired) electrons. The third-order valence-electron chi connectivity index (χ3n) is 10.7. The predicted octanol–water partition coefficient (Wildman–Crippen LogP) is 9.89. The van der Waals surface area contributed by atoms with Crippen LogP contribution in [-0.4, -0.2) is 34.1 Å². The van der Waals surface area contributed by atoms with E-state index in [1.807, 2.05) is 71.6 Å². The van der Waals surface area contributed by atoms with Crippen molar-refractivity contribution in [2.45, 2.75) is 127 Å². The molecule has 0 unspecified atom stereocenters. The first-order valence-corrected chi connectivity index (χ1v) is 18.0. The predicted molar refractivity (Wildman–Crippen MR) is 184 cm³/mol. The number of benzene rings is 3. The number of Topliss-reactive ketones (excluding diaryl/α,β-unsaturated/α-hetero) is 1. The topological polar surface area (TPSA) is 65.1 Å². The first-order valence-electron chi connectivity index (χ1n) is 18.0. The molecule has 2 aliphatic heterocycles. The molecule has 3 aliphatic rings. The number of rotatable bonds is 11. The Morgan fingerprint density at radius 3 is 1.98 bits per heavy atom. The van der Waals surface area contributed by atoms with Gasteiger partial charge in [0.25, 0.3) is 0 Å². The summed E-state index contributed by atoms with van der Waals surface area (Å²) in [6.07, 6.45) is 8.66. The summed E-state index contributed by atoms with van der Waals surface area (Å²) >= 11 is 0. The van der Waals surface area contributed by atoms with Crippen LogP contribution in [0.3, 0.4) is 0 Å². The van der Waals surface area contributed by atoms with Gasteiger partial charge in [-0.3, -0.25) is 9.69 Å². The number of ether oxygens (including phenoxy) is 3. The number of nitrogens with zero attached hydrogens (tertiary/aromatic N) is 1. The minimum Gasteiger partial charge on any atom is -0.445 e. The van der Waals surface area contributed by atoms with Crippen LogP contribution in [-0.2, 0) is 25.6 Å². The Bertz CT molecular complexity index is 1400. The maximum Gasteiger partial charge on any atom is 0.410 e. The third kappa shape index (κ3) is 7.05. The highest BCUT2D eigenvalue weighted by molar-refractivity contribution is 5.84. The fraction of sp³-hybridized carbons (Fsp3) is 0.512. The van der Waals surface area contributed by atoms with Crippen LogP contribution in [0.15, 0.2) is 91.0 Å². The standard InChI is InChI=1S/C41H51NO5/c1-3-5-10-24-34-28-35(43)29-40(42(34)39(44)45-30-31-18-11-7-12-19-31)26-17-27-41(36(40)25-6-4-2)46-37(32-20-13-8-14-21-32)38(47-41)33-22-15-9-16-23-33/h7-9,11-16,18-23,34,36-38H,3-6,10,17,24-30H2,1-2H3/t34-,36+,37-,38-,40+/m1/s1. The van der Waals surface area contributed by atoms with Gasteiger partial charge < -0.3 is 14.2 Å². The largest absolute Gasteiger partial charge is 0.445 e. The Morgan fingerprint density at radius 2 is 1.38 bits per heavy atom. The zero-order valence-corrected chi connectivity index (χ0v) is 28.2. The molecule has 2 heterocycles. The van der Waals surface area contributed by atoms with Gasteiger partial charge >= 0.3 is 6.09 Å². The van der Waals surface area contributed by atoms with Crippen molar-refractivity contribution in [2.75, 3.05) is 0 Å². The minimum atomic E-state index is -0.946. The van der Waals surface area contributed by atoms with Gasteiger partial charge in [-0.15, -0.1) is 0 Å². The summed E-state index contributed by atoms with van der Waals surface area (Å²) in [5, 5.41) is 0. The summed E-state index contributed by atoms with van der Waals surface area (Å²) in [4.78, 5) is 30.4. The van der Waals surface area contributed by atoms with Gasteiger partial charge in [0.2, 0.25) is 0 Å². The van der Waals surface area contributed by atoms with Gasteiger partial charge in [-0.05, 0) is 42.4 Å². The number of hydrogen-bond acceptors (Lipinski definition) is 5. The molecule has 3 fully saturated rings. The van der Waals surface area contributed by atoms with Crippen molar-refractivity contribution in [3.63, 3.8) is 0 Å². The summed E-state index contributed by atoms with van der Waals surface area (Å²) < 4.78 is 20.7. The van der Waals surface area contributed by atoms with E-state index in [0.717, 1.165) is 80.9 Å². The zero-order valence-electron chi connectivity index (χ0n) is 28.2. The summed E-state index contributed by atoms with van der Waals surface area (Å²) in [7, 11) is 0. The van der Waals surface area contributed by atoms with Gasteiger partial charge in [-0.2, -0.15) is 0 Å². The molecule has 1 amide bonds. The van der Waals surface area contributed by atoms with E-state index in [2.05, 4.69) is 38.1 Å². The van der Waals surface area contributed by atoms with Crippen LogP contribution in [0.25, 0.3) is 0 Å². The molecule has 2 saturated heterocycles. The first-order chi connectivity index (χ1) is 23.0. The highest BCUT2D eigenvalue weighted by atomic mass is 16.8. The first kappa shape index (κ1) is 33.4. The van der Waals surface area contributed by atoms with E-state index < -0.39 is 11.3 Å². The molecular weight excluding hydrogens is 586 g/mol. The van der Waals surface area contributed by atoms with Crippen molar-refractivity contribution in [3.05, 3.63) is 108 Å². The van der Waals surface area contributed by atoms with Crippen LogP contribution in [0.1, 0.15) is 120 Å². The lowest BCUT2D eigenvalue weighted by molar-refractivity contribution is -0.265. The SMILES string of the molecule is CCCCC[C@@H]1CC(=O)C[C@]2(CCCC3(O[C@H](c4ccccc4)[C@@H](c4ccccc4)O3)[C@H]2CCCC)N1C(=O)OCc1ccccc1. The molecule has 3 aromatic rings. The van der Waals surface area contributed by atoms with E-state index in [4.69, 9.17) is 14.2 Å². The Hall–Kier alpha value is -3.48. The maximum atomic E-state index is 14.5. The molecule has 3 aromatic carbocycles. The lowest BCUT2D eigenvalue weighted by Crippen LogP contribution is -2.70. The molecule has 2 spiro atoms. The molecule has 5 atom stereocenters. The quantitative estimate of drug-likeness (QED) is 0.196. The van der Waals surface area contributed by atoms with Crippen molar-refractivity contribution in [1.29, 1.82) is 0 Å². The molecule has 1 aliphatic carbocycles. The van der Waals surface area contributed by atoms with Gasteiger partial charge in [0, 0.05) is 31.2 Å². The van der Waals surface area contributed by atoms with Gasteiger partial charge in [0.15, 0.2) is 5.79 Å². The molecule has 0 N–H and O–H groups in total. The van der Waals surface area contributed by atoms with Crippen molar-refractivity contribution < 1.29 is 23.8 Å². The fourth-order valence-electron chi connectivity index (χ4n) is 8.63. The molecule has 6 rings (SSSR count). The normalized spacial score (nSPS) is 26.9. The number of amides is 1. The van der Waals surface area contributed by atoms with Gasteiger partial charge in [-0.25, -0.2) is 4.79 Å². The zero-order chi connectivity index (χ0) is 32.7. The number of hydrogen-bond donors (Lipinski definition) is 0. The molecular formula is C41H51NO5. The maximum absolute atomic E-state index is 14.5. The van der Waals surface area contributed by atoms with Crippen molar-refractivity contribution in [1.82, 2.24) is 4.90 Å². The Balaban J connectivity index is 1.42. The monoisotopic (exact) mass is 637 g/mol. The molecule has 0 aromatic heterocycles. The van der Waals surface area contributed by atoms with E-state index >= 15 is 0 Å². The number of ketones is 1. The number of likely N-dealkylation sites (tertiary alicyclic amines) is 1. The Kier molecular flexibility index (Phi) is 10.8. The van der Waals surface area contributed by atoms with Gasteiger partial charge in [-0.1, -0.05) is 137 Å². The second kappa shape index (κ2) is 15.2. The van der Waals surface area contributed by atoms with Crippen LogP contribution >= 0.6 is 0 Å². The van der Waals surface area contributed by atoms with Crippen molar-refractivity contribution in [2.24, 2.45) is 5.92 Å². The lowest BCUT2D eigenvalue weighted by atomic mass is 9.61. The number of unbranched alkanes of at least 4 members (excludes halogenated alkanes) is 3. The summed E-state index contributed by atoms with van der Waals surface area (Å²) in [5.74, 6) is -0.905. The smallest absolute Gasteiger partial charge is 0.410 e. The molecule has 0 bridgehead atoms. The van der Waals surface area contributed by atoms with E-state index in [1.165, 1.54) is 0 Å². The molecule has 6 heteroatoms. The fourth-order valence-corrected chi connectivity index (χ4v) is 8.63. The van der Waals surface area contributed by atoms with Crippen LogP contribution in [0.5, 0.6) is 0 Å². The van der Waals surface area contributed by atoms with Crippen molar-refractivity contribution in [3.8, 4) is 0 Å². The summed E-state index contributed by atoms with van der Waals surface area (Å²) in [5.41, 5.74) is 2.35. The van der Waals surface area contributed by atoms with Crippen LogP contribution in [0, 0.1) is 5.92 Å². The lowest BCUT2D eigenvalue weighted by Gasteiger charge is -2.59. The molecule has 250 valence electrons. The van der Waals surface area contributed by atoms with Crippen LogP contribution < -0.4 is 0 Å². The highest BCUT2D eigenvalue weighted by Crippen LogP contribution is 2.60. The molecule has 47 heavy (non-hydrogen) atoms. The van der Waals surface area contributed by atoms with E-state index in [1.54, 1.807) is 0 Å². The third-order valence-corrected chi connectivity index (χ3v) is 10.7. The van der Waals surface area contributed by atoms with Crippen LogP contribution in [0.2, 0.25) is 0 Å². The number of carbonyl (C=O) groups is 2. The Labute approximate surface area is 280 Å². The van der Waals surface area contributed by atoms with Gasteiger partial charge in [0.1, 0.15) is 24.6 Å². The van der Waals surface area contributed by atoms with Crippen molar-refractivity contribution >= 4 is 11.9 Å². The summed E-state index contributed by atoms with van der Waals surface area (Å²) in [6.45, 7) is 4.58. The van der Waals surface area contributed by atoms with E-state index in [0.29, 0.717) is 12.8 Å². The second-order valence-corrected chi connectivity index (χ2v) is 13.8. The molecule has 6 nitrogen and oxygen atoms in total. The second-order valence-electron chi connectivity index (χ2n) is 13.8. The Morgan fingerprint density at radius 1 is 0.787 bits per heavy atom. The van der Waals surface area contributed by atoms with Crippen LogP contribution in [0.4, 0.5) is 4.79 Å². The average molecular weight is 638 g/mol. The number of carbonyl (C=O) groups excluding carboxylic acids is 2. The van der Waals surface area contributed by atoms with E-state index in [9.17, 15) is 9.59 Å². The van der Waals surface area contributed by atoms with E-state index in [-0.39, 0.29) is 42.7 Å².